The molecule has 0 spiro atoms. The molecule has 0 aliphatic carbocycles. The van der Waals surface area contributed by atoms with Gasteiger partial charge in [-0.15, -0.1) is 0 Å². The molecule has 0 saturated carbocycles. The van der Waals surface area contributed by atoms with Gasteiger partial charge in [-0.3, -0.25) is 14.6 Å². The summed E-state index contributed by atoms with van der Waals surface area (Å²) >= 11 is 0. The number of Topliss-reactive ketones (excluding diaryl/α,β-unsaturated/α-hetero) is 1. The van der Waals surface area contributed by atoms with Gasteiger partial charge in [-0.25, -0.2) is 0 Å². The largest absolute Gasteiger partial charge is 0.512 e. The molecule has 1 fully saturated rings. The summed E-state index contributed by atoms with van der Waals surface area (Å²) in [6.07, 6.45) is 3.86. The molecule has 5 heteroatoms. The maximum absolute atomic E-state index is 11.6. The first-order valence-electron chi connectivity index (χ1n) is 5.74. The Kier molecular flexibility index (Phi) is 4.87. The summed E-state index contributed by atoms with van der Waals surface area (Å²) < 4.78 is 0. The van der Waals surface area contributed by atoms with Crippen LogP contribution in [-0.4, -0.2) is 35.6 Å². The lowest BCUT2D eigenvalue weighted by atomic mass is 10.1. The topological polar surface area (TPSA) is 78.8 Å². The molecule has 1 rings (SSSR count). The molecule has 5 nitrogen and oxygen atoms in total. The van der Waals surface area contributed by atoms with Crippen LogP contribution >= 0.6 is 0 Å². The van der Waals surface area contributed by atoms with E-state index in [0.717, 1.165) is 12.8 Å². The number of amides is 1. The summed E-state index contributed by atoms with van der Waals surface area (Å²) in [5.41, 5.74) is 0.155. The predicted molar refractivity (Wildman–Crippen MR) is 65.2 cm³/mol. The zero-order valence-electron chi connectivity index (χ0n) is 10.2. The van der Waals surface area contributed by atoms with Crippen LogP contribution in [0.25, 0.3) is 0 Å². The molecule has 0 radical (unpaired) electrons. The van der Waals surface area contributed by atoms with Crippen LogP contribution in [0.5, 0.6) is 0 Å². The summed E-state index contributed by atoms with van der Waals surface area (Å²) in [6, 6.07) is -0.453. The average molecular weight is 238 g/mol. The fraction of sp³-hybridized carbons (Fsp3) is 0.583. The first kappa shape index (κ1) is 13.4. The molecule has 1 aliphatic rings. The molecular weight excluding hydrogens is 220 g/mol. The third-order valence-corrected chi connectivity index (χ3v) is 2.66. The van der Waals surface area contributed by atoms with Crippen molar-refractivity contribution in [2.45, 2.75) is 39.2 Å². The number of ketones is 1. The molecule has 1 aliphatic heterocycles. The fourth-order valence-corrected chi connectivity index (χ4v) is 1.67. The molecule has 1 heterocycles. The van der Waals surface area contributed by atoms with Crippen LogP contribution in [0.1, 0.15) is 33.1 Å². The third-order valence-electron chi connectivity index (χ3n) is 2.66. The molecular formula is C12H18N2O3. The molecule has 1 amide bonds. The second kappa shape index (κ2) is 6.18. The maximum Gasteiger partial charge on any atom is 0.244 e. The van der Waals surface area contributed by atoms with Gasteiger partial charge in [-0.1, -0.05) is 0 Å². The first-order valence-corrected chi connectivity index (χ1v) is 5.74. The number of hydrogen-bond donors (Lipinski definition) is 2. The van der Waals surface area contributed by atoms with E-state index in [-0.39, 0.29) is 23.0 Å². The van der Waals surface area contributed by atoms with Crippen LogP contribution in [0, 0.1) is 0 Å². The van der Waals surface area contributed by atoms with Gasteiger partial charge in [0, 0.05) is 12.8 Å². The van der Waals surface area contributed by atoms with Gasteiger partial charge >= 0.3 is 0 Å². The summed E-state index contributed by atoms with van der Waals surface area (Å²) in [6.45, 7) is 3.46. The van der Waals surface area contributed by atoms with Crippen molar-refractivity contribution in [2.75, 3.05) is 6.54 Å². The van der Waals surface area contributed by atoms with Gasteiger partial charge in [0.25, 0.3) is 0 Å². The van der Waals surface area contributed by atoms with E-state index in [1.165, 1.54) is 20.1 Å². The number of aliphatic hydroxyl groups excluding tert-OH is 1. The van der Waals surface area contributed by atoms with Gasteiger partial charge in [0.2, 0.25) is 5.91 Å². The standard InChI is InChI=1S/C12H18N2O3/c1-8(15)10(9(2)16)7-14-11-5-3-4-6-13-12(11)17/h7,11,15H,3-6H2,1-2H3,(H,13,17)/t11-/m1/s1. The number of aliphatic imine (C=N–C) groups is 1. The first-order chi connectivity index (χ1) is 8.02. The van der Waals surface area contributed by atoms with Crippen molar-refractivity contribution in [3.8, 4) is 0 Å². The number of nitrogens with zero attached hydrogens (tertiary/aromatic N) is 1. The van der Waals surface area contributed by atoms with Crippen LogP contribution in [0.2, 0.25) is 0 Å². The Bertz CT molecular complexity index is 368. The van der Waals surface area contributed by atoms with Gasteiger partial charge in [0.1, 0.15) is 11.8 Å². The summed E-state index contributed by atoms with van der Waals surface area (Å²) in [4.78, 5) is 26.9. The minimum Gasteiger partial charge on any atom is -0.512 e. The van der Waals surface area contributed by atoms with E-state index in [4.69, 9.17) is 0 Å². The Morgan fingerprint density at radius 3 is 2.76 bits per heavy atom. The lowest BCUT2D eigenvalue weighted by Gasteiger charge is -2.07. The highest BCUT2D eigenvalue weighted by atomic mass is 16.3. The van der Waals surface area contributed by atoms with Crippen molar-refractivity contribution in [3.05, 3.63) is 11.3 Å². The Labute approximate surface area is 101 Å². The summed E-state index contributed by atoms with van der Waals surface area (Å²) in [7, 11) is 0. The van der Waals surface area contributed by atoms with Gasteiger partial charge in [0.05, 0.1) is 5.57 Å². The fourth-order valence-electron chi connectivity index (χ4n) is 1.67. The van der Waals surface area contributed by atoms with Crippen molar-refractivity contribution >= 4 is 17.9 Å². The number of hydrogen-bond acceptors (Lipinski definition) is 4. The number of aliphatic hydroxyl groups is 1. The third kappa shape index (κ3) is 4.01. The molecule has 0 aromatic heterocycles. The van der Waals surface area contributed by atoms with Crippen molar-refractivity contribution in [1.29, 1.82) is 0 Å². The van der Waals surface area contributed by atoms with E-state index in [1.807, 2.05) is 0 Å². The highest BCUT2D eigenvalue weighted by molar-refractivity contribution is 6.12. The maximum atomic E-state index is 11.6. The zero-order chi connectivity index (χ0) is 12.8. The zero-order valence-corrected chi connectivity index (χ0v) is 10.2. The molecule has 0 unspecified atom stereocenters. The van der Waals surface area contributed by atoms with E-state index >= 15 is 0 Å². The number of carbonyl (C=O) groups is 2. The number of carbonyl (C=O) groups excluding carboxylic acids is 2. The summed E-state index contributed by atoms with van der Waals surface area (Å²) in [5, 5.41) is 12.1. The Morgan fingerprint density at radius 2 is 2.18 bits per heavy atom. The van der Waals surface area contributed by atoms with E-state index in [1.54, 1.807) is 0 Å². The van der Waals surface area contributed by atoms with Gasteiger partial charge in [0.15, 0.2) is 5.78 Å². The second-order valence-corrected chi connectivity index (χ2v) is 4.14. The van der Waals surface area contributed by atoms with Crippen molar-refractivity contribution in [1.82, 2.24) is 5.32 Å². The normalized spacial score (nSPS) is 22.9. The highest BCUT2D eigenvalue weighted by Crippen LogP contribution is 2.09. The Hall–Kier alpha value is -1.65. The van der Waals surface area contributed by atoms with Gasteiger partial charge < -0.3 is 10.4 Å². The van der Waals surface area contributed by atoms with E-state index in [2.05, 4.69) is 10.3 Å². The number of nitrogens with one attached hydrogen (secondary N) is 1. The van der Waals surface area contributed by atoms with Crippen LogP contribution in [-0.2, 0) is 9.59 Å². The molecule has 0 bridgehead atoms. The lowest BCUT2D eigenvalue weighted by Crippen LogP contribution is -2.31. The minimum absolute atomic E-state index is 0.0738. The summed E-state index contributed by atoms with van der Waals surface area (Å²) in [5.74, 6) is -0.449. The minimum atomic E-state index is -0.453. The van der Waals surface area contributed by atoms with E-state index in [9.17, 15) is 14.7 Å². The van der Waals surface area contributed by atoms with Crippen LogP contribution in [0.4, 0.5) is 0 Å². The van der Waals surface area contributed by atoms with E-state index < -0.39 is 6.04 Å². The monoisotopic (exact) mass is 238 g/mol. The molecule has 0 aromatic carbocycles. The van der Waals surface area contributed by atoms with Crippen molar-refractivity contribution in [3.63, 3.8) is 0 Å². The molecule has 0 aromatic rings. The highest BCUT2D eigenvalue weighted by Gasteiger charge is 2.19. The SMILES string of the molecule is CC(=O)C(C=N[C@@H]1CCCCNC1=O)=C(C)O. The lowest BCUT2D eigenvalue weighted by molar-refractivity contribution is -0.122. The molecule has 1 saturated heterocycles. The number of rotatable bonds is 3. The van der Waals surface area contributed by atoms with Crippen LogP contribution < -0.4 is 5.32 Å². The predicted octanol–water partition coefficient (Wildman–Crippen LogP) is 1.15. The average Bonchev–Trinajstić information content (AvgIpc) is 2.43. The van der Waals surface area contributed by atoms with Gasteiger partial charge in [-0.05, 0) is 33.1 Å². The molecule has 94 valence electrons. The van der Waals surface area contributed by atoms with Crippen molar-refractivity contribution < 1.29 is 14.7 Å². The van der Waals surface area contributed by atoms with Crippen LogP contribution in [0.15, 0.2) is 16.3 Å². The van der Waals surface area contributed by atoms with Gasteiger partial charge in [-0.2, -0.15) is 0 Å². The Morgan fingerprint density at radius 1 is 1.47 bits per heavy atom. The molecule has 17 heavy (non-hydrogen) atoms. The second-order valence-electron chi connectivity index (χ2n) is 4.14. The molecule has 2 N–H and O–H groups in total. The Balaban J connectivity index is 2.78. The van der Waals surface area contributed by atoms with Crippen molar-refractivity contribution in [2.24, 2.45) is 4.99 Å². The van der Waals surface area contributed by atoms with Crippen LogP contribution in [0.3, 0.4) is 0 Å². The smallest absolute Gasteiger partial charge is 0.244 e. The quantitative estimate of drug-likeness (QED) is 0.440. The molecule has 1 atom stereocenters. The van der Waals surface area contributed by atoms with E-state index in [0.29, 0.717) is 13.0 Å². The number of allylic oxidation sites excluding steroid dienone is 2.